The second kappa shape index (κ2) is 9.48. The number of aromatic nitrogens is 3. The van der Waals surface area contributed by atoms with Crippen LogP contribution in [0.3, 0.4) is 0 Å². The number of anilines is 1. The number of amides is 1. The number of rotatable bonds is 7. The van der Waals surface area contributed by atoms with E-state index in [2.05, 4.69) is 36.9 Å². The number of piperidine rings is 1. The van der Waals surface area contributed by atoms with Gasteiger partial charge in [0, 0.05) is 49.4 Å². The first kappa shape index (κ1) is 21.2. The van der Waals surface area contributed by atoms with Crippen molar-refractivity contribution in [3.63, 3.8) is 0 Å². The first-order valence-electron chi connectivity index (χ1n) is 11.6. The van der Waals surface area contributed by atoms with E-state index in [0.717, 1.165) is 72.3 Å². The number of carbonyl (C=O) groups is 1. The molecule has 2 aromatic carbocycles. The summed E-state index contributed by atoms with van der Waals surface area (Å²) in [7, 11) is 1.68. The Morgan fingerprint density at radius 3 is 2.79 bits per heavy atom. The summed E-state index contributed by atoms with van der Waals surface area (Å²) in [5, 5.41) is 4.23. The number of hydrogen-bond donors (Lipinski definition) is 1. The van der Waals surface area contributed by atoms with Crippen LogP contribution in [0.1, 0.15) is 19.3 Å². The van der Waals surface area contributed by atoms with Crippen LogP contribution >= 0.6 is 0 Å². The number of imidazole rings is 1. The molecule has 0 aliphatic carbocycles. The minimum atomic E-state index is 0.0676. The van der Waals surface area contributed by atoms with Crippen molar-refractivity contribution in [2.75, 3.05) is 31.6 Å². The highest BCUT2D eigenvalue weighted by Gasteiger charge is 2.25. The molecule has 1 N–H and O–H groups in total. The van der Waals surface area contributed by atoms with Crippen molar-refractivity contribution < 1.29 is 9.53 Å². The van der Waals surface area contributed by atoms with Crippen molar-refractivity contribution in [2.45, 2.75) is 25.8 Å². The van der Waals surface area contributed by atoms with Gasteiger partial charge in [-0.3, -0.25) is 9.78 Å². The van der Waals surface area contributed by atoms with Crippen LogP contribution in [0, 0.1) is 5.92 Å². The molecule has 1 fully saturated rings. The van der Waals surface area contributed by atoms with Crippen LogP contribution in [0.25, 0.3) is 21.9 Å². The highest BCUT2D eigenvalue weighted by atomic mass is 16.5. The van der Waals surface area contributed by atoms with E-state index < -0.39 is 0 Å². The molecule has 3 heterocycles. The minimum Gasteiger partial charge on any atom is -0.497 e. The van der Waals surface area contributed by atoms with E-state index in [1.807, 2.05) is 48.9 Å². The standard InChI is InChI=1S/C26H29N5O2/c1-33-20-7-8-22-21(17-20)24(9-13-27-22)30-15-10-19(11-16-30)26(32)28-12-4-14-31-18-29-23-5-2-3-6-25(23)31/h2-3,5-9,13,17-19H,4,10-12,14-16H2,1H3,(H,28,32). The van der Waals surface area contributed by atoms with Gasteiger partial charge in [0.05, 0.1) is 30.0 Å². The van der Waals surface area contributed by atoms with E-state index in [9.17, 15) is 4.79 Å². The first-order chi connectivity index (χ1) is 16.2. The zero-order valence-electron chi connectivity index (χ0n) is 18.9. The van der Waals surface area contributed by atoms with Gasteiger partial charge in [-0.1, -0.05) is 12.1 Å². The molecule has 5 rings (SSSR count). The van der Waals surface area contributed by atoms with Crippen LogP contribution in [0.5, 0.6) is 5.75 Å². The summed E-state index contributed by atoms with van der Waals surface area (Å²) in [6, 6.07) is 16.2. The molecule has 33 heavy (non-hydrogen) atoms. The number of nitrogens with zero attached hydrogens (tertiary/aromatic N) is 4. The van der Waals surface area contributed by atoms with E-state index in [1.54, 1.807) is 7.11 Å². The second-order valence-electron chi connectivity index (χ2n) is 8.55. The Morgan fingerprint density at radius 1 is 1.09 bits per heavy atom. The van der Waals surface area contributed by atoms with E-state index in [4.69, 9.17) is 4.74 Å². The number of nitrogens with one attached hydrogen (secondary N) is 1. The third-order valence-corrected chi connectivity index (χ3v) is 6.53. The number of fused-ring (bicyclic) bond motifs is 2. The first-order valence-corrected chi connectivity index (χ1v) is 11.6. The van der Waals surface area contributed by atoms with Crippen LogP contribution in [-0.2, 0) is 11.3 Å². The highest BCUT2D eigenvalue weighted by Crippen LogP contribution is 2.31. The van der Waals surface area contributed by atoms with E-state index in [0.29, 0.717) is 6.54 Å². The zero-order chi connectivity index (χ0) is 22.6. The lowest BCUT2D eigenvalue weighted by Crippen LogP contribution is -2.41. The maximum atomic E-state index is 12.7. The van der Waals surface area contributed by atoms with Gasteiger partial charge in [0.15, 0.2) is 0 Å². The maximum absolute atomic E-state index is 12.7. The number of ether oxygens (including phenoxy) is 1. The van der Waals surface area contributed by atoms with Gasteiger partial charge in [-0.15, -0.1) is 0 Å². The normalized spacial score (nSPS) is 14.6. The van der Waals surface area contributed by atoms with Crippen molar-refractivity contribution in [1.29, 1.82) is 0 Å². The van der Waals surface area contributed by atoms with Crippen LogP contribution in [0.15, 0.2) is 61.1 Å². The number of carbonyl (C=O) groups excluding carboxylic acids is 1. The van der Waals surface area contributed by atoms with Crippen molar-refractivity contribution in [2.24, 2.45) is 5.92 Å². The summed E-state index contributed by atoms with van der Waals surface area (Å²) >= 11 is 0. The summed E-state index contributed by atoms with van der Waals surface area (Å²) in [4.78, 5) is 24.0. The SMILES string of the molecule is COc1ccc2nccc(N3CCC(C(=O)NCCCn4cnc5ccccc54)CC3)c2c1. The van der Waals surface area contributed by atoms with Gasteiger partial charge < -0.3 is 19.5 Å². The molecule has 0 bridgehead atoms. The Hall–Kier alpha value is -3.61. The van der Waals surface area contributed by atoms with E-state index >= 15 is 0 Å². The summed E-state index contributed by atoms with van der Waals surface area (Å²) in [5.74, 6) is 1.07. The zero-order valence-corrected chi connectivity index (χ0v) is 18.9. The lowest BCUT2D eigenvalue weighted by Gasteiger charge is -2.33. The molecule has 7 heteroatoms. The van der Waals surface area contributed by atoms with Crippen LogP contribution in [0.4, 0.5) is 5.69 Å². The number of pyridine rings is 1. The fourth-order valence-corrected chi connectivity index (χ4v) is 4.69. The maximum Gasteiger partial charge on any atom is 0.223 e. The quantitative estimate of drug-likeness (QED) is 0.437. The van der Waals surface area contributed by atoms with Crippen molar-refractivity contribution in [1.82, 2.24) is 19.9 Å². The Kier molecular flexibility index (Phi) is 6.11. The van der Waals surface area contributed by atoms with Crippen LogP contribution < -0.4 is 15.0 Å². The average Bonchev–Trinajstić information content (AvgIpc) is 3.29. The molecule has 4 aromatic rings. The summed E-state index contributed by atoms with van der Waals surface area (Å²) in [6.07, 6.45) is 6.32. The third kappa shape index (κ3) is 4.49. The predicted molar refractivity (Wildman–Crippen MR) is 131 cm³/mol. The molecular weight excluding hydrogens is 414 g/mol. The number of hydrogen-bond acceptors (Lipinski definition) is 5. The summed E-state index contributed by atoms with van der Waals surface area (Å²) in [6.45, 7) is 3.24. The molecule has 2 aromatic heterocycles. The van der Waals surface area contributed by atoms with Gasteiger partial charge in [0.2, 0.25) is 5.91 Å². The molecule has 1 saturated heterocycles. The van der Waals surface area contributed by atoms with Gasteiger partial charge >= 0.3 is 0 Å². The van der Waals surface area contributed by atoms with Crippen molar-refractivity contribution >= 4 is 33.5 Å². The molecular formula is C26H29N5O2. The van der Waals surface area contributed by atoms with Gasteiger partial charge in [0.25, 0.3) is 0 Å². The summed E-state index contributed by atoms with van der Waals surface area (Å²) in [5.41, 5.74) is 4.26. The fourth-order valence-electron chi connectivity index (χ4n) is 4.69. The minimum absolute atomic E-state index is 0.0676. The summed E-state index contributed by atoms with van der Waals surface area (Å²) < 4.78 is 7.55. The second-order valence-corrected chi connectivity index (χ2v) is 8.55. The third-order valence-electron chi connectivity index (χ3n) is 6.53. The number of aryl methyl sites for hydroxylation is 1. The highest BCUT2D eigenvalue weighted by molar-refractivity contribution is 5.92. The molecule has 1 aliphatic heterocycles. The van der Waals surface area contributed by atoms with E-state index in [1.165, 1.54) is 0 Å². The molecule has 0 spiro atoms. The molecule has 0 atom stereocenters. The lowest BCUT2D eigenvalue weighted by atomic mass is 9.95. The molecule has 1 aliphatic rings. The van der Waals surface area contributed by atoms with Crippen LogP contribution in [0.2, 0.25) is 0 Å². The smallest absolute Gasteiger partial charge is 0.223 e. The van der Waals surface area contributed by atoms with Gasteiger partial charge in [-0.05, 0) is 55.7 Å². The monoisotopic (exact) mass is 443 g/mol. The fraction of sp³-hybridized carbons (Fsp3) is 0.346. The van der Waals surface area contributed by atoms with E-state index in [-0.39, 0.29) is 11.8 Å². The largest absolute Gasteiger partial charge is 0.497 e. The number of para-hydroxylation sites is 2. The van der Waals surface area contributed by atoms with Crippen molar-refractivity contribution in [3.8, 4) is 5.75 Å². The molecule has 0 saturated carbocycles. The molecule has 7 nitrogen and oxygen atoms in total. The predicted octanol–water partition coefficient (Wildman–Crippen LogP) is 4.02. The van der Waals surface area contributed by atoms with Gasteiger partial charge in [0.1, 0.15) is 5.75 Å². The lowest BCUT2D eigenvalue weighted by molar-refractivity contribution is -0.125. The molecule has 0 unspecified atom stereocenters. The Bertz CT molecular complexity index is 1260. The van der Waals surface area contributed by atoms with Crippen LogP contribution in [-0.4, -0.2) is 47.2 Å². The molecule has 0 radical (unpaired) electrons. The Morgan fingerprint density at radius 2 is 1.94 bits per heavy atom. The Labute approximate surface area is 193 Å². The topological polar surface area (TPSA) is 72.3 Å². The number of benzene rings is 2. The van der Waals surface area contributed by atoms with Crippen molar-refractivity contribution in [3.05, 3.63) is 61.1 Å². The van der Waals surface area contributed by atoms with Gasteiger partial charge in [-0.25, -0.2) is 4.98 Å². The molecule has 1 amide bonds. The molecule has 170 valence electrons. The Balaban J connectivity index is 1.13. The average molecular weight is 444 g/mol. The number of methoxy groups -OCH3 is 1. The van der Waals surface area contributed by atoms with Gasteiger partial charge in [-0.2, -0.15) is 0 Å².